The maximum atomic E-state index is 13.7. The first-order chi connectivity index (χ1) is 9.13. The summed E-state index contributed by atoms with van der Waals surface area (Å²) in [4.78, 5) is 11.7. The number of hydrogen-bond acceptors (Lipinski definition) is 3. The fourth-order valence-electron chi connectivity index (χ4n) is 1.77. The summed E-state index contributed by atoms with van der Waals surface area (Å²) in [5.41, 5.74) is 0.912. The van der Waals surface area contributed by atoms with Gasteiger partial charge in [0, 0.05) is 5.56 Å². The van der Waals surface area contributed by atoms with E-state index in [-0.39, 0.29) is 23.7 Å². The second-order valence-electron chi connectivity index (χ2n) is 3.93. The Labute approximate surface area is 110 Å². The molecule has 19 heavy (non-hydrogen) atoms. The topological polar surface area (TPSA) is 46.5 Å². The maximum absolute atomic E-state index is 13.7. The fraction of sp³-hybridized carbons (Fsp3) is 0.133. The van der Waals surface area contributed by atoms with Gasteiger partial charge in [-0.05, 0) is 30.7 Å². The number of phenolic OH excluding ortho intramolecular Hbond substituents is 1. The molecule has 0 heterocycles. The highest BCUT2D eigenvalue weighted by Gasteiger charge is 2.14. The Morgan fingerprint density at radius 1 is 1.26 bits per heavy atom. The van der Waals surface area contributed by atoms with Crippen LogP contribution in [-0.4, -0.2) is 17.7 Å². The number of ether oxygens (including phenoxy) is 1. The zero-order valence-electron chi connectivity index (χ0n) is 10.4. The molecule has 0 radical (unpaired) electrons. The largest absolute Gasteiger partial charge is 0.507 e. The van der Waals surface area contributed by atoms with Crippen LogP contribution in [0.1, 0.15) is 17.3 Å². The summed E-state index contributed by atoms with van der Waals surface area (Å²) in [5.74, 6) is -1.19. The first-order valence-corrected chi connectivity index (χ1v) is 5.88. The Morgan fingerprint density at radius 2 is 2.00 bits per heavy atom. The van der Waals surface area contributed by atoms with E-state index in [0.29, 0.717) is 11.1 Å². The van der Waals surface area contributed by atoms with E-state index in [2.05, 4.69) is 0 Å². The Kier molecular flexibility index (Phi) is 3.80. The molecule has 2 aromatic rings. The van der Waals surface area contributed by atoms with Crippen LogP contribution in [0.2, 0.25) is 0 Å². The van der Waals surface area contributed by atoms with Crippen molar-refractivity contribution in [2.75, 3.05) is 6.61 Å². The van der Waals surface area contributed by atoms with Gasteiger partial charge in [-0.2, -0.15) is 0 Å². The van der Waals surface area contributed by atoms with E-state index in [0.717, 1.165) is 0 Å². The van der Waals surface area contributed by atoms with Crippen LogP contribution in [0.25, 0.3) is 11.1 Å². The van der Waals surface area contributed by atoms with Crippen molar-refractivity contribution < 1.29 is 19.0 Å². The Hall–Kier alpha value is -2.36. The number of carbonyl (C=O) groups excluding carboxylic acids is 1. The Bertz CT molecular complexity index is 608. The summed E-state index contributed by atoms with van der Waals surface area (Å²) in [6.45, 7) is 1.89. The fourth-order valence-corrected chi connectivity index (χ4v) is 1.77. The molecule has 0 aromatic heterocycles. The van der Waals surface area contributed by atoms with Gasteiger partial charge in [-0.1, -0.05) is 24.3 Å². The van der Waals surface area contributed by atoms with Crippen molar-refractivity contribution in [3.63, 3.8) is 0 Å². The van der Waals surface area contributed by atoms with Gasteiger partial charge < -0.3 is 9.84 Å². The molecule has 3 nitrogen and oxygen atoms in total. The van der Waals surface area contributed by atoms with Crippen molar-refractivity contribution in [3.05, 3.63) is 53.8 Å². The van der Waals surface area contributed by atoms with Gasteiger partial charge >= 0.3 is 5.97 Å². The SMILES string of the molecule is CCOC(=O)c1cc(-c2ccccc2F)ccc1O. The first kappa shape index (κ1) is 13.1. The molecule has 1 N–H and O–H groups in total. The average molecular weight is 260 g/mol. The lowest BCUT2D eigenvalue weighted by Crippen LogP contribution is -2.05. The maximum Gasteiger partial charge on any atom is 0.341 e. The second kappa shape index (κ2) is 5.52. The lowest BCUT2D eigenvalue weighted by Gasteiger charge is -2.08. The Morgan fingerprint density at radius 3 is 2.68 bits per heavy atom. The number of carbonyl (C=O) groups is 1. The van der Waals surface area contributed by atoms with Crippen LogP contribution in [0.3, 0.4) is 0 Å². The van der Waals surface area contributed by atoms with Crippen LogP contribution in [-0.2, 0) is 4.74 Å². The number of hydrogen-bond donors (Lipinski definition) is 1. The predicted octanol–water partition coefficient (Wildman–Crippen LogP) is 3.38. The van der Waals surface area contributed by atoms with Crippen LogP contribution in [0.5, 0.6) is 5.75 Å². The summed E-state index contributed by atoms with van der Waals surface area (Å²) in [6, 6.07) is 10.6. The summed E-state index contributed by atoms with van der Waals surface area (Å²) in [6.07, 6.45) is 0. The molecule has 0 unspecified atom stereocenters. The normalized spacial score (nSPS) is 10.2. The molecule has 0 atom stereocenters. The van der Waals surface area contributed by atoms with Crippen molar-refractivity contribution in [1.29, 1.82) is 0 Å². The van der Waals surface area contributed by atoms with Gasteiger partial charge in [0.2, 0.25) is 0 Å². The van der Waals surface area contributed by atoms with Crippen molar-refractivity contribution >= 4 is 5.97 Å². The van der Waals surface area contributed by atoms with Crippen molar-refractivity contribution in [2.45, 2.75) is 6.92 Å². The summed E-state index contributed by atoms with van der Waals surface area (Å²) in [5, 5.41) is 9.65. The minimum absolute atomic E-state index is 0.0302. The van der Waals surface area contributed by atoms with Gasteiger partial charge in [-0.3, -0.25) is 0 Å². The van der Waals surface area contributed by atoms with E-state index in [1.165, 1.54) is 18.2 Å². The molecular weight excluding hydrogens is 247 g/mol. The van der Waals surface area contributed by atoms with Crippen LogP contribution in [0.15, 0.2) is 42.5 Å². The number of esters is 1. The van der Waals surface area contributed by atoms with Crippen LogP contribution in [0.4, 0.5) is 4.39 Å². The van der Waals surface area contributed by atoms with Crippen molar-refractivity contribution in [1.82, 2.24) is 0 Å². The third kappa shape index (κ3) is 2.73. The summed E-state index contributed by atoms with van der Waals surface area (Å²) >= 11 is 0. The number of aromatic hydroxyl groups is 1. The van der Waals surface area contributed by atoms with Crippen LogP contribution < -0.4 is 0 Å². The molecule has 0 amide bonds. The lowest BCUT2D eigenvalue weighted by atomic mass is 10.0. The number of rotatable bonds is 3. The van der Waals surface area contributed by atoms with Crippen LogP contribution in [0, 0.1) is 5.82 Å². The molecule has 0 aliphatic carbocycles. The van der Waals surface area contributed by atoms with E-state index < -0.39 is 5.97 Å². The Balaban J connectivity index is 2.47. The van der Waals surface area contributed by atoms with Crippen LogP contribution >= 0.6 is 0 Å². The molecule has 2 rings (SSSR count). The van der Waals surface area contributed by atoms with E-state index >= 15 is 0 Å². The molecule has 0 saturated heterocycles. The number of phenols is 1. The van der Waals surface area contributed by atoms with Gasteiger partial charge in [0.1, 0.15) is 17.1 Å². The van der Waals surface area contributed by atoms with Crippen molar-refractivity contribution in [3.8, 4) is 16.9 Å². The monoisotopic (exact) mass is 260 g/mol. The predicted molar refractivity (Wildman–Crippen MR) is 69.5 cm³/mol. The summed E-state index contributed by atoms with van der Waals surface area (Å²) < 4.78 is 18.5. The quantitative estimate of drug-likeness (QED) is 0.860. The zero-order chi connectivity index (χ0) is 13.8. The molecule has 0 fully saturated rings. The summed E-state index contributed by atoms with van der Waals surface area (Å²) in [7, 11) is 0. The standard InChI is InChI=1S/C15H13FO3/c1-2-19-15(18)12-9-10(7-8-14(12)17)11-5-3-4-6-13(11)16/h3-9,17H,2H2,1H3. The molecule has 0 aliphatic heterocycles. The number of halogens is 1. The molecule has 2 aromatic carbocycles. The number of benzene rings is 2. The third-order valence-corrected chi connectivity index (χ3v) is 2.68. The zero-order valence-corrected chi connectivity index (χ0v) is 10.4. The molecular formula is C15H13FO3. The van der Waals surface area contributed by atoms with Gasteiger partial charge in [0.05, 0.1) is 6.61 Å². The van der Waals surface area contributed by atoms with Crippen molar-refractivity contribution in [2.24, 2.45) is 0 Å². The van der Waals surface area contributed by atoms with Gasteiger partial charge in [0.25, 0.3) is 0 Å². The highest BCUT2D eigenvalue weighted by atomic mass is 19.1. The minimum Gasteiger partial charge on any atom is -0.507 e. The van der Waals surface area contributed by atoms with Gasteiger partial charge in [-0.25, -0.2) is 9.18 Å². The highest BCUT2D eigenvalue weighted by Crippen LogP contribution is 2.28. The minimum atomic E-state index is -0.627. The van der Waals surface area contributed by atoms with E-state index in [9.17, 15) is 14.3 Å². The molecule has 0 aliphatic rings. The molecule has 4 heteroatoms. The molecule has 0 spiro atoms. The first-order valence-electron chi connectivity index (χ1n) is 5.88. The van der Waals surface area contributed by atoms with Gasteiger partial charge in [0.15, 0.2) is 0 Å². The second-order valence-corrected chi connectivity index (χ2v) is 3.93. The highest BCUT2D eigenvalue weighted by molar-refractivity contribution is 5.94. The third-order valence-electron chi connectivity index (χ3n) is 2.68. The van der Waals surface area contributed by atoms with E-state index in [1.54, 1.807) is 31.2 Å². The average Bonchev–Trinajstić information content (AvgIpc) is 2.40. The van der Waals surface area contributed by atoms with E-state index in [4.69, 9.17) is 4.74 Å². The van der Waals surface area contributed by atoms with Gasteiger partial charge in [-0.15, -0.1) is 0 Å². The molecule has 0 bridgehead atoms. The smallest absolute Gasteiger partial charge is 0.341 e. The van der Waals surface area contributed by atoms with E-state index in [1.807, 2.05) is 0 Å². The molecule has 98 valence electrons. The molecule has 0 saturated carbocycles. The lowest BCUT2D eigenvalue weighted by molar-refractivity contribution is 0.0523.